The predicted molar refractivity (Wildman–Crippen MR) is 63.9 cm³/mol. The van der Waals surface area contributed by atoms with E-state index >= 15 is 0 Å². The van der Waals surface area contributed by atoms with Crippen LogP contribution in [-0.2, 0) is 11.3 Å². The van der Waals surface area contributed by atoms with Crippen LogP contribution in [-0.4, -0.2) is 17.4 Å². The van der Waals surface area contributed by atoms with Crippen molar-refractivity contribution in [2.24, 2.45) is 5.73 Å². The number of carbonyl (C=O) groups is 1. The maximum absolute atomic E-state index is 10.6. The number of primary amides is 1. The van der Waals surface area contributed by atoms with Crippen LogP contribution in [0.5, 0.6) is 0 Å². The maximum atomic E-state index is 10.6. The van der Waals surface area contributed by atoms with Gasteiger partial charge in [0.05, 0.1) is 6.54 Å². The highest BCUT2D eigenvalue weighted by atomic mass is 16.1. The molecular weight excluding hydrogens is 202 g/mol. The van der Waals surface area contributed by atoms with E-state index in [1.165, 1.54) is 10.9 Å². The second kappa shape index (κ2) is 4.37. The molecule has 4 nitrogen and oxygen atoms in total. The first-order chi connectivity index (χ1) is 7.68. The van der Waals surface area contributed by atoms with Gasteiger partial charge in [0.2, 0.25) is 5.91 Å². The van der Waals surface area contributed by atoms with Crippen LogP contribution in [0.4, 0.5) is 0 Å². The zero-order valence-electron chi connectivity index (χ0n) is 9.21. The van der Waals surface area contributed by atoms with Gasteiger partial charge in [-0.05, 0) is 18.6 Å². The minimum atomic E-state index is -0.339. The molecule has 16 heavy (non-hydrogen) atoms. The second-order valence-corrected chi connectivity index (χ2v) is 3.84. The van der Waals surface area contributed by atoms with E-state index in [-0.39, 0.29) is 12.5 Å². The van der Waals surface area contributed by atoms with Crippen LogP contribution in [0, 0.1) is 6.92 Å². The van der Waals surface area contributed by atoms with Gasteiger partial charge >= 0.3 is 0 Å². The van der Waals surface area contributed by atoms with Gasteiger partial charge in [-0.1, -0.05) is 18.2 Å². The fourth-order valence-electron chi connectivity index (χ4n) is 1.83. The lowest BCUT2D eigenvalue weighted by atomic mass is 10.1. The lowest BCUT2D eigenvalue weighted by molar-refractivity contribution is -0.117. The molecule has 0 fully saturated rings. The first kappa shape index (κ1) is 10.7. The van der Waals surface area contributed by atoms with E-state index in [0.29, 0.717) is 6.54 Å². The number of aromatic nitrogens is 1. The number of fused-ring (bicyclic) bond motifs is 1. The Morgan fingerprint density at radius 3 is 2.88 bits per heavy atom. The molecule has 0 bridgehead atoms. The zero-order chi connectivity index (χ0) is 11.5. The third-order valence-corrected chi connectivity index (χ3v) is 2.67. The van der Waals surface area contributed by atoms with Gasteiger partial charge in [0.1, 0.15) is 0 Å². The van der Waals surface area contributed by atoms with Gasteiger partial charge in [-0.15, -0.1) is 0 Å². The van der Waals surface area contributed by atoms with Crippen molar-refractivity contribution in [1.29, 1.82) is 0 Å². The molecule has 0 saturated carbocycles. The third kappa shape index (κ3) is 2.06. The average Bonchev–Trinajstić information content (AvgIpc) is 2.56. The number of para-hydroxylation sites is 1. The summed E-state index contributed by atoms with van der Waals surface area (Å²) >= 11 is 0. The number of hydrogen-bond acceptors (Lipinski definition) is 2. The van der Waals surface area contributed by atoms with E-state index in [4.69, 9.17) is 5.73 Å². The summed E-state index contributed by atoms with van der Waals surface area (Å²) in [5.41, 5.74) is 8.49. The molecule has 2 rings (SSSR count). The van der Waals surface area contributed by atoms with Gasteiger partial charge in [-0.25, -0.2) is 0 Å². The number of rotatable bonds is 4. The first-order valence-electron chi connectivity index (χ1n) is 5.23. The van der Waals surface area contributed by atoms with Gasteiger partial charge in [0.25, 0.3) is 0 Å². The Bertz CT molecular complexity index is 516. The van der Waals surface area contributed by atoms with Gasteiger partial charge in [-0.2, -0.15) is 0 Å². The van der Waals surface area contributed by atoms with Crippen molar-refractivity contribution in [1.82, 2.24) is 10.3 Å². The molecule has 1 amide bonds. The molecule has 1 aromatic heterocycles. The molecule has 0 spiro atoms. The Balaban J connectivity index is 2.18. The van der Waals surface area contributed by atoms with Crippen LogP contribution in [0.15, 0.2) is 24.3 Å². The van der Waals surface area contributed by atoms with E-state index in [0.717, 1.165) is 11.2 Å². The number of aromatic amines is 1. The predicted octanol–water partition coefficient (Wildman–Crippen LogP) is 1.05. The van der Waals surface area contributed by atoms with Crippen LogP contribution in [0.25, 0.3) is 10.9 Å². The van der Waals surface area contributed by atoms with Crippen LogP contribution >= 0.6 is 0 Å². The summed E-state index contributed by atoms with van der Waals surface area (Å²) in [6.07, 6.45) is 0. The molecule has 0 aliphatic carbocycles. The van der Waals surface area contributed by atoms with E-state index in [2.05, 4.69) is 23.3 Å². The standard InChI is InChI=1S/C12H15N3O/c1-8-9-4-2-3-5-10(9)15-11(8)6-14-7-12(13)16/h2-5,14-15H,6-7H2,1H3,(H2,13,16). The Kier molecular flexibility index (Phi) is 2.92. The molecule has 0 radical (unpaired) electrons. The Labute approximate surface area is 93.8 Å². The third-order valence-electron chi connectivity index (χ3n) is 2.67. The normalized spacial score (nSPS) is 10.8. The van der Waals surface area contributed by atoms with Crippen molar-refractivity contribution in [3.63, 3.8) is 0 Å². The SMILES string of the molecule is Cc1c(CNCC(N)=O)[nH]c2ccccc12. The highest BCUT2D eigenvalue weighted by Crippen LogP contribution is 2.20. The summed E-state index contributed by atoms with van der Waals surface area (Å²) in [5, 5.41) is 4.22. The molecule has 0 saturated heterocycles. The topological polar surface area (TPSA) is 70.9 Å². The summed E-state index contributed by atoms with van der Waals surface area (Å²) in [5.74, 6) is -0.339. The highest BCUT2D eigenvalue weighted by Gasteiger charge is 2.06. The van der Waals surface area contributed by atoms with Crippen molar-refractivity contribution >= 4 is 16.8 Å². The maximum Gasteiger partial charge on any atom is 0.231 e. The number of carbonyl (C=O) groups excluding carboxylic acids is 1. The smallest absolute Gasteiger partial charge is 0.231 e. The summed E-state index contributed by atoms with van der Waals surface area (Å²) < 4.78 is 0. The number of amides is 1. The molecule has 4 heteroatoms. The van der Waals surface area contributed by atoms with Crippen LogP contribution in [0.1, 0.15) is 11.3 Å². The van der Waals surface area contributed by atoms with E-state index in [1.54, 1.807) is 0 Å². The average molecular weight is 217 g/mol. The van der Waals surface area contributed by atoms with Crippen molar-refractivity contribution in [3.05, 3.63) is 35.5 Å². The Morgan fingerprint density at radius 2 is 2.19 bits per heavy atom. The molecule has 4 N–H and O–H groups in total. The summed E-state index contributed by atoms with van der Waals surface area (Å²) in [6, 6.07) is 8.14. The summed E-state index contributed by atoms with van der Waals surface area (Å²) in [7, 11) is 0. The summed E-state index contributed by atoms with van der Waals surface area (Å²) in [4.78, 5) is 13.9. The second-order valence-electron chi connectivity index (χ2n) is 3.84. The van der Waals surface area contributed by atoms with Crippen LogP contribution in [0.2, 0.25) is 0 Å². The summed E-state index contributed by atoms with van der Waals surface area (Å²) in [6.45, 7) is 2.90. The first-order valence-corrected chi connectivity index (χ1v) is 5.23. The molecule has 0 atom stereocenters. The number of aryl methyl sites for hydroxylation is 1. The Morgan fingerprint density at radius 1 is 1.44 bits per heavy atom. The molecule has 84 valence electrons. The largest absolute Gasteiger partial charge is 0.369 e. The van der Waals surface area contributed by atoms with Crippen molar-refractivity contribution in [2.45, 2.75) is 13.5 Å². The lowest BCUT2D eigenvalue weighted by Crippen LogP contribution is -2.28. The molecule has 1 aromatic carbocycles. The lowest BCUT2D eigenvalue weighted by Gasteiger charge is -2.01. The fourth-order valence-corrected chi connectivity index (χ4v) is 1.83. The number of nitrogens with two attached hydrogens (primary N) is 1. The van der Waals surface area contributed by atoms with E-state index < -0.39 is 0 Å². The molecular formula is C12H15N3O. The fraction of sp³-hybridized carbons (Fsp3) is 0.250. The number of nitrogens with one attached hydrogen (secondary N) is 2. The number of benzene rings is 1. The Hall–Kier alpha value is -1.81. The number of hydrogen-bond donors (Lipinski definition) is 3. The minimum Gasteiger partial charge on any atom is -0.369 e. The van der Waals surface area contributed by atoms with E-state index in [1.807, 2.05) is 18.2 Å². The van der Waals surface area contributed by atoms with E-state index in [9.17, 15) is 4.79 Å². The molecule has 2 aromatic rings. The molecule has 0 aliphatic rings. The molecule has 0 unspecified atom stereocenters. The van der Waals surface area contributed by atoms with Crippen LogP contribution in [0.3, 0.4) is 0 Å². The van der Waals surface area contributed by atoms with Crippen molar-refractivity contribution in [2.75, 3.05) is 6.54 Å². The number of H-pyrrole nitrogens is 1. The highest BCUT2D eigenvalue weighted by molar-refractivity contribution is 5.84. The zero-order valence-corrected chi connectivity index (χ0v) is 9.21. The van der Waals surface area contributed by atoms with Crippen molar-refractivity contribution < 1.29 is 4.79 Å². The van der Waals surface area contributed by atoms with Gasteiger partial charge in [0.15, 0.2) is 0 Å². The van der Waals surface area contributed by atoms with Gasteiger partial charge < -0.3 is 16.0 Å². The van der Waals surface area contributed by atoms with Gasteiger partial charge in [0, 0.05) is 23.1 Å². The molecule has 0 aliphatic heterocycles. The molecule has 1 heterocycles. The minimum absolute atomic E-state index is 0.203. The van der Waals surface area contributed by atoms with Gasteiger partial charge in [-0.3, -0.25) is 4.79 Å². The van der Waals surface area contributed by atoms with Crippen molar-refractivity contribution in [3.8, 4) is 0 Å². The monoisotopic (exact) mass is 217 g/mol. The van der Waals surface area contributed by atoms with Crippen LogP contribution < -0.4 is 11.1 Å². The quantitative estimate of drug-likeness (QED) is 0.716.